The minimum Gasteiger partial charge on any atom is -0.356 e. The number of alkyl halides is 3. The lowest BCUT2D eigenvalue weighted by molar-refractivity contribution is -0.137. The van der Waals surface area contributed by atoms with E-state index in [9.17, 15) is 13.2 Å². The highest BCUT2D eigenvalue weighted by molar-refractivity contribution is 14.0. The van der Waals surface area contributed by atoms with E-state index in [2.05, 4.69) is 27.5 Å². The number of aliphatic imine (C=N–C) groups is 1. The molecule has 0 radical (unpaired) electrons. The van der Waals surface area contributed by atoms with E-state index in [1.807, 2.05) is 4.90 Å². The summed E-state index contributed by atoms with van der Waals surface area (Å²) in [6, 6.07) is 1.06. The minimum absolute atomic E-state index is 0. The van der Waals surface area contributed by atoms with Crippen molar-refractivity contribution in [2.24, 2.45) is 4.99 Å². The van der Waals surface area contributed by atoms with Crippen molar-refractivity contribution < 1.29 is 13.2 Å². The molecule has 2 N–H and O–H groups in total. The van der Waals surface area contributed by atoms with E-state index in [4.69, 9.17) is 11.6 Å². The molecule has 5 nitrogen and oxygen atoms in total. The Morgan fingerprint density at radius 2 is 2.19 bits per heavy atom. The molecule has 0 aromatic carbocycles. The molecule has 148 valence electrons. The Bertz CT molecular complexity index is 612. The second-order valence-corrected chi connectivity index (χ2v) is 6.36. The Labute approximate surface area is 173 Å². The second-order valence-electron chi connectivity index (χ2n) is 5.96. The monoisotopic (exact) mass is 505 g/mol. The molecule has 1 fully saturated rings. The number of anilines is 1. The highest BCUT2D eigenvalue weighted by Gasteiger charge is 2.33. The van der Waals surface area contributed by atoms with Crippen molar-refractivity contribution in [2.45, 2.75) is 38.4 Å². The van der Waals surface area contributed by atoms with Crippen molar-refractivity contribution >= 4 is 47.4 Å². The van der Waals surface area contributed by atoms with Gasteiger partial charge in [0.25, 0.3) is 0 Å². The second kappa shape index (κ2) is 10.4. The molecule has 1 atom stereocenters. The van der Waals surface area contributed by atoms with Gasteiger partial charge in [-0.15, -0.1) is 24.0 Å². The van der Waals surface area contributed by atoms with Gasteiger partial charge in [-0.2, -0.15) is 13.2 Å². The maximum atomic E-state index is 12.7. The summed E-state index contributed by atoms with van der Waals surface area (Å²) >= 11 is 6.02. The molecular weight excluding hydrogens is 482 g/mol. The third kappa shape index (κ3) is 6.33. The van der Waals surface area contributed by atoms with Crippen LogP contribution in [0.3, 0.4) is 0 Å². The Morgan fingerprint density at radius 1 is 1.46 bits per heavy atom. The van der Waals surface area contributed by atoms with Crippen molar-refractivity contribution in [3.05, 3.63) is 22.8 Å². The summed E-state index contributed by atoms with van der Waals surface area (Å²) < 4.78 is 38.1. The summed E-state index contributed by atoms with van der Waals surface area (Å²) in [5.41, 5.74) is -0.837. The molecule has 26 heavy (non-hydrogen) atoms. The first-order valence-electron chi connectivity index (χ1n) is 8.30. The summed E-state index contributed by atoms with van der Waals surface area (Å²) in [7, 11) is 1.71. The summed E-state index contributed by atoms with van der Waals surface area (Å²) in [5.74, 6) is 1.11. The van der Waals surface area contributed by atoms with Crippen molar-refractivity contribution in [1.29, 1.82) is 0 Å². The molecule has 1 aromatic heterocycles. The van der Waals surface area contributed by atoms with Gasteiger partial charge in [0.05, 0.1) is 10.6 Å². The van der Waals surface area contributed by atoms with Crippen LogP contribution in [0.4, 0.5) is 19.0 Å². The van der Waals surface area contributed by atoms with Gasteiger partial charge in [0, 0.05) is 38.9 Å². The molecule has 1 saturated heterocycles. The molecule has 0 saturated carbocycles. The van der Waals surface area contributed by atoms with E-state index in [0.717, 1.165) is 44.0 Å². The molecule has 1 aliphatic rings. The zero-order valence-corrected chi connectivity index (χ0v) is 17.8. The highest BCUT2D eigenvalue weighted by Crippen LogP contribution is 2.34. The molecule has 0 aliphatic carbocycles. The van der Waals surface area contributed by atoms with Gasteiger partial charge in [-0.25, -0.2) is 4.98 Å². The predicted octanol–water partition coefficient (Wildman–Crippen LogP) is 3.92. The fourth-order valence-electron chi connectivity index (χ4n) is 2.66. The first-order valence-corrected chi connectivity index (χ1v) is 8.67. The SMILES string of the molecule is CCCCNC(=NC)NC1CCN(c2ncc(C(F)(F)F)cc2Cl)C1.I. The van der Waals surface area contributed by atoms with Crippen LogP contribution in [0.1, 0.15) is 31.7 Å². The Balaban J connectivity index is 0.00000338. The number of hydrogen-bond acceptors (Lipinski definition) is 3. The first kappa shape index (κ1) is 23.1. The van der Waals surface area contributed by atoms with E-state index >= 15 is 0 Å². The lowest BCUT2D eigenvalue weighted by Crippen LogP contribution is -2.44. The van der Waals surface area contributed by atoms with Gasteiger partial charge in [-0.05, 0) is 18.9 Å². The average molecular weight is 506 g/mol. The lowest BCUT2D eigenvalue weighted by Gasteiger charge is -2.21. The molecule has 1 aromatic rings. The van der Waals surface area contributed by atoms with E-state index in [1.54, 1.807) is 7.05 Å². The van der Waals surface area contributed by atoms with Crippen LogP contribution >= 0.6 is 35.6 Å². The number of guanidine groups is 1. The van der Waals surface area contributed by atoms with Gasteiger partial charge in [-0.1, -0.05) is 24.9 Å². The van der Waals surface area contributed by atoms with Crippen molar-refractivity contribution in [1.82, 2.24) is 15.6 Å². The fourth-order valence-corrected chi connectivity index (χ4v) is 2.95. The Kier molecular flexibility index (Phi) is 9.22. The first-order chi connectivity index (χ1) is 11.8. The Hall–Kier alpha value is -0.970. The minimum atomic E-state index is -4.44. The molecule has 1 unspecified atom stereocenters. The number of aromatic nitrogens is 1. The summed E-state index contributed by atoms with van der Waals surface area (Å²) in [4.78, 5) is 10.00. The van der Waals surface area contributed by atoms with Crippen LogP contribution in [-0.4, -0.2) is 43.7 Å². The lowest BCUT2D eigenvalue weighted by atomic mass is 10.2. The van der Waals surface area contributed by atoms with Crippen LogP contribution in [0.25, 0.3) is 0 Å². The third-order valence-corrected chi connectivity index (χ3v) is 4.30. The molecule has 0 spiro atoms. The summed E-state index contributed by atoms with van der Waals surface area (Å²) in [6.07, 6.45) is -0.635. The largest absolute Gasteiger partial charge is 0.417 e. The normalized spacial score (nSPS) is 17.8. The number of halogens is 5. The highest BCUT2D eigenvalue weighted by atomic mass is 127. The van der Waals surface area contributed by atoms with Crippen molar-refractivity contribution in [2.75, 3.05) is 31.6 Å². The van der Waals surface area contributed by atoms with Crippen LogP contribution in [0, 0.1) is 0 Å². The molecule has 2 heterocycles. The smallest absolute Gasteiger partial charge is 0.356 e. The van der Waals surface area contributed by atoms with Crippen LogP contribution in [0.5, 0.6) is 0 Å². The van der Waals surface area contributed by atoms with E-state index in [1.165, 1.54) is 0 Å². The van der Waals surface area contributed by atoms with Crippen LogP contribution < -0.4 is 15.5 Å². The molecule has 0 amide bonds. The maximum Gasteiger partial charge on any atom is 0.417 e. The van der Waals surface area contributed by atoms with Gasteiger partial charge < -0.3 is 15.5 Å². The summed E-state index contributed by atoms with van der Waals surface area (Å²) in [6.45, 7) is 4.24. The van der Waals surface area contributed by atoms with E-state index in [0.29, 0.717) is 18.9 Å². The number of unbranched alkanes of at least 4 members (excludes halogenated alkanes) is 1. The molecule has 0 bridgehead atoms. The van der Waals surface area contributed by atoms with Crippen molar-refractivity contribution in [3.63, 3.8) is 0 Å². The number of nitrogens with one attached hydrogen (secondary N) is 2. The van der Waals surface area contributed by atoms with Crippen molar-refractivity contribution in [3.8, 4) is 0 Å². The molecule has 1 aliphatic heterocycles. The Morgan fingerprint density at radius 3 is 2.77 bits per heavy atom. The zero-order chi connectivity index (χ0) is 18.4. The predicted molar refractivity (Wildman–Crippen MR) is 110 cm³/mol. The molecule has 2 rings (SSSR count). The third-order valence-electron chi connectivity index (χ3n) is 4.02. The number of hydrogen-bond donors (Lipinski definition) is 2. The average Bonchev–Trinajstić information content (AvgIpc) is 3.01. The van der Waals surface area contributed by atoms with Gasteiger partial charge in [0.1, 0.15) is 5.82 Å². The number of nitrogens with zero attached hydrogens (tertiary/aromatic N) is 3. The topological polar surface area (TPSA) is 52.6 Å². The van der Waals surface area contributed by atoms with Crippen LogP contribution in [0.15, 0.2) is 17.3 Å². The van der Waals surface area contributed by atoms with Gasteiger partial charge in [0.2, 0.25) is 0 Å². The van der Waals surface area contributed by atoms with Gasteiger partial charge in [-0.3, -0.25) is 4.99 Å². The summed E-state index contributed by atoms with van der Waals surface area (Å²) in [5, 5.41) is 6.58. The standard InChI is InChI=1S/C16H23ClF3N5.HI/c1-3-4-6-22-15(21-2)24-12-5-7-25(10-12)14-13(17)8-11(9-23-14)16(18,19)20;/h8-9,12H,3-7,10H2,1-2H3,(H2,21,22,24);1H. The fraction of sp³-hybridized carbons (Fsp3) is 0.625. The van der Waals surface area contributed by atoms with Crippen LogP contribution in [-0.2, 0) is 6.18 Å². The molecular formula is C16H24ClF3IN5. The number of rotatable bonds is 5. The van der Waals surface area contributed by atoms with Crippen LogP contribution in [0.2, 0.25) is 5.02 Å². The van der Waals surface area contributed by atoms with E-state index in [-0.39, 0.29) is 35.0 Å². The quantitative estimate of drug-likeness (QED) is 0.276. The van der Waals surface area contributed by atoms with E-state index < -0.39 is 11.7 Å². The zero-order valence-electron chi connectivity index (χ0n) is 14.7. The van der Waals surface area contributed by atoms with Gasteiger partial charge in [0.15, 0.2) is 5.96 Å². The maximum absolute atomic E-state index is 12.7. The van der Waals surface area contributed by atoms with Gasteiger partial charge >= 0.3 is 6.18 Å². The molecule has 10 heteroatoms. The number of pyridine rings is 1.